The van der Waals surface area contributed by atoms with Crippen LogP contribution in [-0.4, -0.2) is 12.1 Å². The topological polar surface area (TPSA) is 22.1 Å². The van der Waals surface area contributed by atoms with Gasteiger partial charge in [0.1, 0.15) is 0 Å². The minimum atomic E-state index is 0.536. The van der Waals surface area contributed by atoms with Gasteiger partial charge in [0, 0.05) is 27.9 Å². The normalized spacial score (nSPS) is 10.2. The van der Waals surface area contributed by atoms with E-state index in [0.29, 0.717) is 15.9 Å². The van der Waals surface area contributed by atoms with Crippen LogP contribution in [0.3, 0.4) is 0 Å². The Morgan fingerprint density at radius 3 is 2.44 bits per heavy atom. The van der Waals surface area contributed by atoms with E-state index in [1.165, 1.54) is 0 Å². The van der Waals surface area contributed by atoms with Crippen LogP contribution in [0.5, 0.6) is 5.88 Å². The summed E-state index contributed by atoms with van der Waals surface area (Å²) >= 11 is 12.2. The van der Waals surface area contributed by atoms with Gasteiger partial charge in [-0.05, 0) is 23.8 Å². The average Bonchev–Trinajstić information content (AvgIpc) is 2.29. The van der Waals surface area contributed by atoms with Crippen molar-refractivity contribution in [2.24, 2.45) is 0 Å². The number of nitrogens with zero attached hydrogens (tertiary/aromatic N) is 1. The molecule has 2 aromatic rings. The van der Waals surface area contributed by atoms with E-state index in [2.05, 4.69) is 4.98 Å². The first-order chi connectivity index (χ1) is 7.72. The maximum atomic E-state index is 6.11. The smallest absolute Gasteiger partial charge is 0.213 e. The third-order valence-electron chi connectivity index (χ3n) is 2.20. The molecule has 0 amide bonds. The van der Waals surface area contributed by atoms with Crippen molar-refractivity contribution in [1.82, 2.24) is 4.98 Å². The number of benzene rings is 1. The lowest BCUT2D eigenvalue weighted by molar-refractivity contribution is 0.398. The van der Waals surface area contributed by atoms with E-state index in [1.807, 2.05) is 12.1 Å². The van der Waals surface area contributed by atoms with E-state index in [0.717, 1.165) is 11.1 Å². The largest absolute Gasteiger partial charge is 0.481 e. The molecule has 0 N–H and O–H groups in total. The molecule has 4 heteroatoms. The minimum absolute atomic E-state index is 0.536. The van der Waals surface area contributed by atoms with Crippen molar-refractivity contribution in [2.75, 3.05) is 7.11 Å². The molecule has 2 rings (SSSR count). The van der Waals surface area contributed by atoms with E-state index >= 15 is 0 Å². The van der Waals surface area contributed by atoms with Crippen molar-refractivity contribution in [2.45, 2.75) is 0 Å². The molecule has 0 saturated carbocycles. The molecule has 1 aromatic carbocycles. The van der Waals surface area contributed by atoms with E-state index in [-0.39, 0.29) is 0 Å². The fourth-order valence-corrected chi connectivity index (χ4v) is 2.07. The molecule has 0 saturated heterocycles. The van der Waals surface area contributed by atoms with Crippen LogP contribution in [0.15, 0.2) is 36.5 Å². The second kappa shape index (κ2) is 4.73. The van der Waals surface area contributed by atoms with Gasteiger partial charge in [-0.3, -0.25) is 0 Å². The van der Waals surface area contributed by atoms with Crippen molar-refractivity contribution in [3.8, 4) is 17.0 Å². The third kappa shape index (κ3) is 2.13. The van der Waals surface area contributed by atoms with E-state index < -0.39 is 0 Å². The van der Waals surface area contributed by atoms with Crippen molar-refractivity contribution in [3.05, 3.63) is 46.6 Å². The molecular formula is C12H9Cl2NO. The molecule has 0 fully saturated rings. The Hall–Kier alpha value is -1.25. The first-order valence-electron chi connectivity index (χ1n) is 4.67. The number of hydrogen-bond donors (Lipinski definition) is 0. The minimum Gasteiger partial charge on any atom is -0.481 e. The molecule has 0 unspecified atom stereocenters. The van der Waals surface area contributed by atoms with Crippen LogP contribution in [0, 0.1) is 0 Å². The highest BCUT2D eigenvalue weighted by molar-refractivity contribution is 6.39. The fraction of sp³-hybridized carbons (Fsp3) is 0.0833. The fourth-order valence-electron chi connectivity index (χ4n) is 1.45. The molecule has 2 nitrogen and oxygen atoms in total. The Morgan fingerprint density at radius 2 is 1.81 bits per heavy atom. The van der Waals surface area contributed by atoms with Gasteiger partial charge in [-0.25, -0.2) is 4.98 Å². The molecule has 0 bridgehead atoms. The van der Waals surface area contributed by atoms with Crippen molar-refractivity contribution < 1.29 is 4.74 Å². The average molecular weight is 254 g/mol. The molecule has 82 valence electrons. The second-order valence-corrected chi connectivity index (χ2v) is 4.00. The summed E-state index contributed by atoms with van der Waals surface area (Å²) in [5.41, 5.74) is 1.69. The molecule has 1 aromatic heterocycles. The number of aromatic nitrogens is 1. The lowest BCUT2D eigenvalue weighted by Gasteiger charge is -2.07. The van der Waals surface area contributed by atoms with Gasteiger partial charge in [0.25, 0.3) is 0 Å². The van der Waals surface area contributed by atoms with Gasteiger partial charge in [-0.2, -0.15) is 0 Å². The van der Waals surface area contributed by atoms with Gasteiger partial charge < -0.3 is 4.74 Å². The highest BCUT2D eigenvalue weighted by Crippen LogP contribution is 2.35. The number of rotatable bonds is 2. The summed E-state index contributed by atoms with van der Waals surface area (Å²) in [7, 11) is 1.57. The Bertz CT molecular complexity index is 494. The zero-order valence-electron chi connectivity index (χ0n) is 8.58. The lowest BCUT2D eigenvalue weighted by Crippen LogP contribution is -1.88. The highest BCUT2D eigenvalue weighted by Gasteiger charge is 2.08. The molecule has 0 aliphatic heterocycles. The quantitative estimate of drug-likeness (QED) is 0.806. The summed E-state index contributed by atoms with van der Waals surface area (Å²) in [5.74, 6) is 0.536. The molecule has 0 atom stereocenters. The standard InChI is InChI=1S/C12H9Cl2NO/c1-16-11-7-8(5-6-15-11)12-9(13)3-2-4-10(12)14/h2-7H,1H3. The first-order valence-corrected chi connectivity index (χ1v) is 5.42. The van der Waals surface area contributed by atoms with E-state index in [9.17, 15) is 0 Å². The van der Waals surface area contributed by atoms with Crippen molar-refractivity contribution in [1.29, 1.82) is 0 Å². The molecule has 16 heavy (non-hydrogen) atoms. The summed E-state index contributed by atoms with van der Waals surface area (Å²) in [6.45, 7) is 0. The van der Waals surface area contributed by atoms with Crippen molar-refractivity contribution in [3.63, 3.8) is 0 Å². The molecular weight excluding hydrogens is 245 g/mol. The number of methoxy groups -OCH3 is 1. The van der Waals surface area contributed by atoms with E-state index in [4.69, 9.17) is 27.9 Å². The summed E-state index contributed by atoms with van der Waals surface area (Å²) in [6.07, 6.45) is 1.66. The maximum Gasteiger partial charge on any atom is 0.213 e. The monoisotopic (exact) mass is 253 g/mol. The van der Waals surface area contributed by atoms with Gasteiger partial charge >= 0.3 is 0 Å². The first kappa shape index (κ1) is 11.2. The van der Waals surface area contributed by atoms with E-state index in [1.54, 1.807) is 31.5 Å². The zero-order chi connectivity index (χ0) is 11.5. The van der Waals surface area contributed by atoms with Gasteiger partial charge in [-0.1, -0.05) is 29.3 Å². The Balaban J connectivity index is 2.58. The molecule has 1 heterocycles. The molecule has 0 spiro atoms. The van der Waals surface area contributed by atoms with Crippen LogP contribution in [-0.2, 0) is 0 Å². The van der Waals surface area contributed by atoms with Crippen LogP contribution in [0.4, 0.5) is 0 Å². The predicted molar refractivity (Wildman–Crippen MR) is 66.2 cm³/mol. The van der Waals surface area contributed by atoms with Gasteiger partial charge in [0.05, 0.1) is 7.11 Å². The Morgan fingerprint density at radius 1 is 1.12 bits per heavy atom. The number of halogens is 2. The number of hydrogen-bond acceptors (Lipinski definition) is 2. The summed E-state index contributed by atoms with van der Waals surface area (Å²) in [6, 6.07) is 9.06. The maximum absolute atomic E-state index is 6.11. The Kier molecular flexibility index (Phi) is 3.32. The molecule has 0 aliphatic rings. The summed E-state index contributed by atoms with van der Waals surface area (Å²) in [5, 5.41) is 1.22. The third-order valence-corrected chi connectivity index (χ3v) is 2.83. The van der Waals surface area contributed by atoms with Crippen LogP contribution >= 0.6 is 23.2 Å². The van der Waals surface area contributed by atoms with Gasteiger partial charge in [-0.15, -0.1) is 0 Å². The predicted octanol–water partition coefficient (Wildman–Crippen LogP) is 4.06. The van der Waals surface area contributed by atoms with Crippen molar-refractivity contribution >= 4 is 23.2 Å². The molecule has 0 radical (unpaired) electrons. The number of pyridine rings is 1. The lowest BCUT2D eigenvalue weighted by atomic mass is 10.1. The summed E-state index contributed by atoms with van der Waals surface area (Å²) < 4.78 is 5.06. The van der Waals surface area contributed by atoms with Gasteiger partial charge in [0.15, 0.2) is 0 Å². The second-order valence-electron chi connectivity index (χ2n) is 3.18. The van der Waals surface area contributed by atoms with Gasteiger partial charge in [0.2, 0.25) is 5.88 Å². The van der Waals surface area contributed by atoms with Crippen LogP contribution in [0.2, 0.25) is 10.0 Å². The SMILES string of the molecule is COc1cc(-c2c(Cl)cccc2Cl)ccn1. The summed E-state index contributed by atoms with van der Waals surface area (Å²) in [4.78, 5) is 4.03. The zero-order valence-corrected chi connectivity index (χ0v) is 10.1. The Labute approximate surface area is 104 Å². The highest BCUT2D eigenvalue weighted by atomic mass is 35.5. The van der Waals surface area contributed by atoms with Crippen LogP contribution in [0.25, 0.3) is 11.1 Å². The van der Waals surface area contributed by atoms with Crippen LogP contribution in [0.1, 0.15) is 0 Å². The number of ether oxygens (including phenoxy) is 1. The van der Waals surface area contributed by atoms with Crippen LogP contribution < -0.4 is 4.74 Å². The molecule has 0 aliphatic carbocycles.